The van der Waals surface area contributed by atoms with Crippen molar-refractivity contribution in [2.75, 3.05) is 31.9 Å². The minimum Gasteiger partial charge on any atom is -0.316 e. The second kappa shape index (κ2) is 4.39. The first-order chi connectivity index (χ1) is 7.08. The predicted molar refractivity (Wildman–Crippen MR) is 60.1 cm³/mol. The highest BCUT2D eigenvalue weighted by atomic mass is 32.2. The molecule has 0 aromatic heterocycles. The van der Waals surface area contributed by atoms with Crippen LogP contribution in [0.25, 0.3) is 0 Å². The van der Waals surface area contributed by atoms with Gasteiger partial charge in [-0.1, -0.05) is 6.92 Å². The van der Waals surface area contributed by atoms with E-state index in [1.165, 1.54) is 6.42 Å². The molecule has 2 rings (SSSR count). The summed E-state index contributed by atoms with van der Waals surface area (Å²) in [6.45, 7) is 5.60. The summed E-state index contributed by atoms with van der Waals surface area (Å²) in [5, 5.41) is 3.31. The molecule has 0 aromatic rings. The first-order valence-corrected chi connectivity index (χ1v) is 7.37. The van der Waals surface area contributed by atoms with Crippen molar-refractivity contribution < 1.29 is 8.42 Å². The van der Waals surface area contributed by atoms with E-state index in [0.717, 1.165) is 32.6 Å². The molecule has 2 aliphatic heterocycles. The third-order valence-electron chi connectivity index (χ3n) is 3.35. The number of rotatable bonds is 3. The Labute approximate surface area is 92.1 Å². The van der Waals surface area contributed by atoms with E-state index in [9.17, 15) is 8.42 Å². The van der Waals surface area contributed by atoms with Crippen molar-refractivity contribution in [3.63, 3.8) is 0 Å². The molecule has 0 aliphatic carbocycles. The summed E-state index contributed by atoms with van der Waals surface area (Å²) in [4.78, 5) is 0. The van der Waals surface area contributed by atoms with Crippen LogP contribution in [0.1, 0.15) is 19.8 Å². The minimum atomic E-state index is -2.92. The predicted octanol–water partition coefficient (Wildman–Crippen LogP) is 0.267. The fourth-order valence-electron chi connectivity index (χ4n) is 2.50. The Kier molecular flexibility index (Phi) is 3.33. The fraction of sp³-hybridized carbons (Fsp3) is 1.00. The van der Waals surface area contributed by atoms with Crippen molar-refractivity contribution >= 4 is 10.0 Å². The SMILES string of the molecule is CC1CN(CCC2CCNC2)S(=O)(=O)C1. The van der Waals surface area contributed by atoms with Crippen LogP contribution in [0.2, 0.25) is 0 Å². The molecule has 2 saturated heterocycles. The Morgan fingerprint density at radius 2 is 2.27 bits per heavy atom. The van der Waals surface area contributed by atoms with Crippen molar-refractivity contribution in [3.8, 4) is 0 Å². The maximum Gasteiger partial charge on any atom is 0.214 e. The molecule has 2 unspecified atom stereocenters. The van der Waals surface area contributed by atoms with Crippen molar-refractivity contribution in [1.82, 2.24) is 9.62 Å². The first-order valence-electron chi connectivity index (χ1n) is 5.76. The molecule has 0 aromatic carbocycles. The molecule has 2 fully saturated rings. The molecule has 4 nitrogen and oxygen atoms in total. The molecule has 15 heavy (non-hydrogen) atoms. The lowest BCUT2D eigenvalue weighted by Crippen LogP contribution is -2.28. The molecule has 5 heteroatoms. The first kappa shape index (κ1) is 11.4. The molecular weight excluding hydrogens is 212 g/mol. The van der Waals surface area contributed by atoms with E-state index in [1.54, 1.807) is 4.31 Å². The van der Waals surface area contributed by atoms with Gasteiger partial charge in [-0.3, -0.25) is 0 Å². The Balaban J connectivity index is 1.84. The quantitative estimate of drug-likeness (QED) is 0.760. The van der Waals surface area contributed by atoms with Crippen LogP contribution in [0.15, 0.2) is 0 Å². The smallest absolute Gasteiger partial charge is 0.214 e. The van der Waals surface area contributed by atoms with E-state index in [2.05, 4.69) is 5.32 Å². The van der Waals surface area contributed by atoms with Crippen LogP contribution in [-0.4, -0.2) is 44.7 Å². The third kappa shape index (κ3) is 2.71. The summed E-state index contributed by atoms with van der Waals surface area (Å²) in [6.07, 6.45) is 2.21. The highest BCUT2D eigenvalue weighted by molar-refractivity contribution is 7.89. The highest BCUT2D eigenvalue weighted by Crippen LogP contribution is 2.21. The number of hydrogen-bond acceptors (Lipinski definition) is 3. The van der Waals surface area contributed by atoms with E-state index in [0.29, 0.717) is 17.6 Å². The van der Waals surface area contributed by atoms with Gasteiger partial charge in [-0.15, -0.1) is 0 Å². The minimum absolute atomic E-state index is 0.303. The molecule has 2 atom stereocenters. The molecule has 0 radical (unpaired) electrons. The molecule has 0 spiro atoms. The maximum absolute atomic E-state index is 11.7. The average molecular weight is 232 g/mol. The molecule has 2 aliphatic rings. The van der Waals surface area contributed by atoms with Gasteiger partial charge in [0.15, 0.2) is 0 Å². The van der Waals surface area contributed by atoms with Crippen molar-refractivity contribution in [2.45, 2.75) is 19.8 Å². The monoisotopic (exact) mass is 232 g/mol. The largest absolute Gasteiger partial charge is 0.316 e. The van der Waals surface area contributed by atoms with E-state index >= 15 is 0 Å². The van der Waals surface area contributed by atoms with Gasteiger partial charge < -0.3 is 5.32 Å². The van der Waals surface area contributed by atoms with Crippen molar-refractivity contribution in [1.29, 1.82) is 0 Å². The van der Waals surface area contributed by atoms with Crippen LogP contribution in [-0.2, 0) is 10.0 Å². The highest BCUT2D eigenvalue weighted by Gasteiger charge is 2.33. The van der Waals surface area contributed by atoms with E-state index in [-0.39, 0.29) is 0 Å². The zero-order chi connectivity index (χ0) is 10.9. The molecule has 0 saturated carbocycles. The number of sulfonamides is 1. The Bertz CT molecular complexity index is 309. The fourth-order valence-corrected chi connectivity index (χ4v) is 4.40. The molecule has 2 heterocycles. The van der Waals surface area contributed by atoms with Crippen LogP contribution in [0, 0.1) is 11.8 Å². The Hall–Kier alpha value is -0.130. The number of nitrogens with one attached hydrogen (secondary N) is 1. The molecule has 1 N–H and O–H groups in total. The van der Waals surface area contributed by atoms with Crippen LogP contribution >= 0.6 is 0 Å². The Morgan fingerprint density at radius 3 is 2.80 bits per heavy atom. The Morgan fingerprint density at radius 1 is 1.47 bits per heavy atom. The van der Waals surface area contributed by atoms with Gasteiger partial charge in [0.1, 0.15) is 0 Å². The van der Waals surface area contributed by atoms with Gasteiger partial charge in [0.25, 0.3) is 0 Å². The second-order valence-corrected chi connectivity index (χ2v) is 6.90. The summed E-state index contributed by atoms with van der Waals surface area (Å²) in [6, 6.07) is 0. The second-order valence-electron chi connectivity index (χ2n) is 4.89. The summed E-state index contributed by atoms with van der Waals surface area (Å²) in [5.41, 5.74) is 0. The van der Waals surface area contributed by atoms with Crippen molar-refractivity contribution in [2.24, 2.45) is 11.8 Å². The van der Waals surface area contributed by atoms with Crippen LogP contribution in [0.4, 0.5) is 0 Å². The van der Waals surface area contributed by atoms with Gasteiger partial charge in [0.2, 0.25) is 10.0 Å². The van der Waals surface area contributed by atoms with E-state index < -0.39 is 10.0 Å². The molecule has 0 bridgehead atoms. The van der Waals surface area contributed by atoms with Gasteiger partial charge in [0.05, 0.1) is 5.75 Å². The lowest BCUT2D eigenvalue weighted by Gasteiger charge is -2.16. The van der Waals surface area contributed by atoms with E-state index in [1.807, 2.05) is 6.92 Å². The zero-order valence-corrected chi connectivity index (χ0v) is 10.1. The normalized spacial score (nSPS) is 36.1. The van der Waals surface area contributed by atoms with Gasteiger partial charge in [0, 0.05) is 13.1 Å². The number of hydrogen-bond donors (Lipinski definition) is 1. The lowest BCUT2D eigenvalue weighted by atomic mass is 10.1. The van der Waals surface area contributed by atoms with Crippen LogP contribution in [0.3, 0.4) is 0 Å². The number of nitrogens with zero attached hydrogens (tertiary/aromatic N) is 1. The topological polar surface area (TPSA) is 49.4 Å². The standard InChI is InChI=1S/C10H20N2O2S/c1-9-7-12(15(13,14)8-9)5-3-10-2-4-11-6-10/h9-11H,2-8H2,1H3. The zero-order valence-electron chi connectivity index (χ0n) is 9.28. The lowest BCUT2D eigenvalue weighted by molar-refractivity contribution is 0.373. The van der Waals surface area contributed by atoms with Gasteiger partial charge >= 0.3 is 0 Å². The van der Waals surface area contributed by atoms with Gasteiger partial charge in [-0.2, -0.15) is 0 Å². The molecule has 88 valence electrons. The molecule has 0 amide bonds. The summed E-state index contributed by atoms with van der Waals surface area (Å²) in [7, 11) is -2.92. The maximum atomic E-state index is 11.7. The average Bonchev–Trinajstić information content (AvgIpc) is 2.70. The van der Waals surface area contributed by atoms with Crippen LogP contribution < -0.4 is 5.32 Å². The third-order valence-corrected chi connectivity index (χ3v) is 5.46. The summed E-state index contributed by atoms with van der Waals surface area (Å²) < 4.78 is 25.1. The van der Waals surface area contributed by atoms with Crippen molar-refractivity contribution in [3.05, 3.63) is 0 Å². The summed E-state index contributed by atoms with van der Waals surface area (Å²) >= 11 is 0. The van der Waals surface area contributed by atoms with E-state index in [4.69, 9.17) is 0 Å². The van der Waals surface area contributed by atoms with Gasteiger partial charge in [-0.05, 0) is 37.8 Å². The molecular formula is C10H20N2O2S. The van der Waals surface area contributed by atoms with Crippen LogP contribution in [0.5, 0.6) is 0 Å². The summed E-state index contributed by atoms with van der Waals surface area (Å²) in [5.74, 6) is 1.32. The van der Waals surface area contributed by atoms with Gasteiger partial charge in [-0.25, -0.2) is 12.7 Å².